The highest BCUT2D eigenvalue weighted by Gasteiger charge is 2.31. The molecule has 0 radical (unpaired) electrons. The van der Waals surface area contributed by atoms with Gasteiger partial charge < -0.3 is 10.1 Å². The van der Waals surface area contributed by atoms with Gasteiger partial charge in [-0.05, 0) is 32.9 Å². The van der Waals surface area contributed by atoms with Gasteiger partial charge in [0, 0.05) is 6.20 Å². The first-order valence-electron chi connectivity index (χ1n) is 6.44. The lowest BCUT2D eigenvalue weighted by Gasteiger charge is -2.19. The van der Waals surface area contributed by atoms with Crippen molar-refractivity contribution in [2.75, 3.05) is 0 Å². The summed E-state index contributed by atoms with van der Waals surface area (Å²) in [5.41, 5.74) is -1.40. The zero-order valence-corrected chi connectivity index (χ0v) is 12.2. The van der Waals surface area contributed by atoms with E-state index in [0.29, 0.717) is 5.82 Å². The van der Waals surface area contributed by atoms with E-state index in [-0.39, 0.29) is 12.2 Å². The first kappa shape index (κ1) is 16.1. The molecule has 0 unspecified atom stereocenters. The number of nitrogens with one attached hydrogen (secondary N) is 1. The number of aromatic nitrogens is 3. The third-order valence-electron chi connectivity index (χ3n) is 2.60. The second-order valence-corrected chi connectivity index (χ2v) is 5.61. The lowest BCUT2D eigenvalue weighted by Crippen LogP contribution is -2.32. The summed E-state index contributed by atoms with van der Waals surface area (Å²) in [6, 6.07) is 1.82. The summed E-state index contributed by atoms with van der Waals surface area (Å²) < 4.78 is 44.2. The van der Waals surface area contributed by atoms with Crippen LogP contribution in [-0.2, 0) is 17.5 Å². The summed E-state index contributed by atoms with van der Waals surface area (Å²) >= 11 is 0. The molecule has 0 aromatic carbocycles. The first-order valence-corrected chi connectivity index (χ1v) is 6.44. The van der Waals surface area contributed by atoms with Crippen LogP contribution in [0.15, 0.2) is 18.3 Å². The molecule has 6 nitrogen and oxygen atoms in total. The maximum Gasteiger partial charge on any atom is 0.416 e. The van der Waals surface area contributed by atoms with E-state index in [2.05, 4.69) is 15.5 Å². The minimum Gasteiger partial charge on any atom is -0.444 e. The number of hydrogen-bond acceptors (Lipinski definition) is 4. The number of alkyl halides is 3. The molecule has 2 rings (SSSR count). The van der Waals surface area contributed by atoms with Crippen LogP contribution in [-0.4, -0.2) is 26.3 Å². The molecular weight excluding hydrogens is 301 g/mol. The first-order chi connectivity index (χ1) is 10.1. The van der Waals surface area contributed by atoms with E-state index in [9.17, 15) is 18.0 Å². The van der Waals surface area contributed by atoms with Gasteiger partial charge in [-0.3, -0.25) is 4.40 Å². The predicted octanol–water partition coefficient (Wildman–Crippen LogP) is 2.77. The van der Waals surface area contributed by atoms with E-state index in [1.165, 1.54) is 10.6 Å². The van der Waals surface area contributed by atoms with Crippen LogP contribution in [0.4, 0.5) is 18.0 Å². The second kappa shape index (κ2) is 5.47. The minimum atomic E-state index is -4.44. The molecule has 0 atom stereocenters. The Bertz CT molecular complexity index is 689. The van der Waals surface area contributed by atoms with E-state index in [1.54, 1.807) is 20.8 Å². The van der Waals surface area contributed by atoms with Gasteiger partial charge in [-0.15, -0.1) is 10.2 Å². The fraction of sp³-hybridized carbons (Fsp3) is 0.462. The quantitative estimate of drug-likeness (QED) is 0.925. The number of ether oxygens (including phenoxy) is 1. The predicted molar refractivity (Wildman–Crippen MR) is 71.1 cm³/mol. The molecule has 2 aromatic heterocycles. The Hall–Kier alpha value is -2.32. The fourth-order valence-corrected chi connectivity index (χ4v) is 1.70. The molecule has 0 saturated heterocycles. The van der Waals surface area contributed by atoms with E-state index >= 15 is 0 Å². The van der Waals surface area contributed by atoms with Crippen molar-refractivity contribution in [3.8, 4) is 0 Å². The van der Waals surface area contributed by atoms with Gasteiger partial charge >= 0.3 is 12.3 Å². The highest BCUT2D eigenvalue weighted by Crippen LogP contribution is 2.29. The molecule has 22 heavy (non-hydrogen) atoms. The van der Waals surface area contributed by atoms with Crippen molar-refractivity contribution in [1.29, 1.82) is 0 Å². The van der Waals surface area contributed by atoms with Gasteiger partial charge in [0.2, 0.25) is 0 Å². The van der Waals surface area contributed by atoms with Crippen molar-refractivity contribution < 1.29 is 22.7 Å². The molecule has 0 aliphatic heterocycles. The van der Waals surface area contributed by atoms with Crippen LogP contribution in [0, 0.1) is 0 Å². The molecule has 120 valence electrons. The molecule has 1 N–H and O–H groups in total. The number of halogens is 3. The van der Waals surface area contributed by atoms with Crippen LogP contribution < -0.4 is 5.32 Å². The number of alkyl carbamates (subject to hydrolysis) is 1. The van der Waals surface area contributed by atoms with Crippen molar-refractivity contribution in [3.05, 3.63) is 29.7 Å². The SMILES string of the molecule is CC(C)(C)OC(=O)NCc1nnc2cc(C(F)(F)F)ccn12. The van der Waals surface area contributed by atoms with E-state index in [1.807, 2.05) is 0 Å². The van der Waals surface area contributed by atoms with Crippen LogP contribution in [0.2, 0.25) is 0 Å². The Morgan fingerprint density at radius 1 is 1.32 bits per heavy atom. The number of amides is 1. The van der Waals surface area contributed by atoms with E-state index in [4.69, 9.17) is 4.74 Å². The Morgan fingerprint density at radius 3 is 2.59 bits per heavy atom. The molecule has 9 heteroatoms. The van der Waals surface area contributed by atoms with Gasteiger partial charge in [-0.1, -0.05) is 0 Å². The number of pyridine rings is 1. The minimum absolute atomic E-state index is 0.0125. The largest absolute Gasteiger partial charge is 0.444 e. The Kier molecular flexibility index (Phi) is 3.99. The maximum absolute atomic E-state index is 12.6. The fourth-order valence-electron chi connectivity index (χ4n) is 1.70. The van der Waals surface area contributed by atoms with Crippen molar-refractivity contribution in [2.24, 2.45) is 0 Å². The topological polar surface area (TPSA) is 68.5 Å². The summed E-state index contributed by atoms with van der Waals surface area (Å²) in [6.07, 6.45) is -3.87. The molecule has 0 fully saturated rings. The normalized spacial score (nSPS) is 12.5. The number of nitrogens with zero attached hydrogens (tertiary/aromatic N) is 3. The Morgan fingerprint density at radius 2 is 2.00 bits per heavy atom. The standard InChI is InChI=1S/C13H15F3N4O2/c1-12(2,3)22-11(21)17-7-10-19-18-9-6-8(13(14,15)16)4-5-20(9)10/h4-6H,7H2,1-3H3,(H,17,21). The van der Waals surface area contributed by atoms with Crippen LogP contribution in [0.5, 0.6) is 0 Å². The molecule has 0 spiro atoms. The highest BCUT2D eigenvalue weighted by molar-refractivity contribution is 5.67. The molecule has 0 saturated carbocycles. The van der Waals surface area contributed by atoms with Gasteiger partial charge in [0.05, 0.1) is 12.1 Å². The third-order valence-corrected chi connectivity index (χ3v) is 2.60. The molecule has 0 bridgehead atoms. The maximum atomic E-state index is 12.6. The van der Waals surface area contributed by atoms with Gasteiger partial charge in [0.1, 0.15) is 5.60 Å². The number of hydrogen-bond donors (Lipinski definition) is 1. The monoisotopic (exact) mass is 316 g/mol. The second-order valence-electron chi connectivity index (χ2n) is 5.61. The van der Waals surface area contributed by atoms with E-state index in [0.717, 1.165) is 12.1 Å². The summed E-state index contributed by atoms with van der Waals surface area (Å²) in [5, 5.41) is 9.90. The van der Waals surface area contributed by atoms with Gasteiger partial charge in [0.15, 0.2) is 11.5 Å². The van der Waals surface area contributed by atoms with Crippen LogP contribution in [0.1, 0.15) is 32.2 Å². The lowest BCUT2D eigenvalue weighted by atomic mass is 10.2. The average Bonchev–Trinajstić information content (AvgIpc) is 2.75. The number of carbonyl (C=O) groups excluding carboxylic acids is 1. The van der Waals surface area contributed by atoms with Crippen LogP contribution >= 0.6 is 0 Å². The molecule has 0 aliphatic rings. The van der Waals surface area contributed by atoms with Crippen LogP contribution in [0.3, 0.4) is 0 Å². The summed E-state index contributed by atoms with van der Waals surface area (Å²) in [4.78, 5) is 11.5. The summed E-state index contributed by atoms with van der Waals surface area (Å²) in [7, 11) is 0. The Balaban J connectivity index is 2.12. The van der Waals surface area contributed by atoms with Crippen molar-refractivity contribution in [1.82, 2.24) is 19.9 Å². The van der Waals surface area contributed by atoms with Crippen LogP contribution in [0.25, 0.3) is 5.65 Å². The summed E-state index contributed by atoms with van der Waals surface area (Å²) in [6.45, 7) is 5.15. The number of fused-ring (bicyclic) bond motifs is 1. The molecular formula is C13H15F3N4O2. The van der Waals surface area contributed by atoms with Gasteiger partial charge in [0.25, 0.3) is 0 Å². The molecule has 1 amide bonds. The number of carbonyl (C=O) groups is 1. The smallest absolute Gasteiger partial charge is 0.416 e. The zero-order valence-electron chi connectivity index (χ0n) is 12.2. The average molecular weight is 316 g/mol. The van der Waals surface area contributed by atoms with Gasteiger partial charge in [-0.2, -0.15) is 13.2 Å². The highest BCUT2D eigenvalue weighted by atomic mass is 19.4. The van der Waals surface area contributed by atoms with Gasteiger partial charge in [-0.25, -0.2) is 4.79 Å². The third kappa shape index (κ3) is 3.86. The molecule has 2 heterocycles. The zero-order chi connectivity index (χ0) is 16.5. The van der Waals surface area contributed by atoms with Crippen molar-refractivity contribution in [3.63, 3.8) is 0 Å². The van der Waals surface area contributed by atoms with Crippen molar-refractivity contribution in [2.45, 2.75) is 39.1 Å². The molecule has 2 aromatic rings. The number of rotatable bonds is 2. The van der Waals surface area contributed by atoms with Crippen molar-refractivity contribution >= 4 is 11.7 Å². The lowest BCUT2D eigenvalue weighted by molar-refractivity contribution is -0.137. The van der Waals surface area contributed by atoms with E-state index < -0.39 is 23.4 Å². The Labute approximate surface area is 124 Å². The molecule has 0 aliphatic carbocycles. The summed E-state index contributed by atoms with van der Waals surface area (Å²) in [5.74, 6) is 0.301.